The molecule has 0 spiro atoms. The highest BCUT2D eigenvalue weighted by Crippen LogP contribution is 2.40. The summed E-state index contributed by atoms with van der Waals surface area (Å²) in [6.45, 7) is 2.57. The third-order valence-electron chi connectivity index (χ3n) is 7.41. The summed E-state index contributed by atoms with van der Waals surface area (Å²) >= 11 is 0. The van der Waals surface area contributed by atoms with Crippen molar-refractivity contribution in [2.24, 2.45) is 0 Å². The fourth-order valence-corrected chi connectivity index (χ4v) is 6.41. The Labute approximate surface area is 205 Å². The lowest BCUT2D eigenvalue weighted by molar-refractivity contribution is 0.121. The van der Waals surface area contributed by atoms with Crippen molar-refractivity contribution in [1.29, 1.82) is 0 Å². The molecule has 35 heavy (non-hydrogen) atoms. The SMILES string of the molecule is COC[C@H](C)Nc1ncc2c(-c3cnn(C4CC(S(C)(=O)=O)C4)c3)cc(C3CCC(O)CC3)n2n1. The van der Waals surface area contributed by atoms with Crippen LogP contribution in [-0.4, -0.2) is 75.3 Å². The zero-order chi connectivity index (χ0) is 24.7. The van der Waals surface area contributed by atoms with Gasteiger partial charge in [0, 0.05) is 48.3 Å². The van der Waals surface area contributed by atoms with Crippen LogP contribution in [0.3, 0.4) is 0 Å². The van der Waals surface area contributed by atoms with Crippen molar-refractivity contribution in [3.63, 3.8) is 0 Å². The fraction of sp³-hybridized carbons (Fsp3) is 0.625. The first-order chi connectivity index (χ1) is 16.7. The summed E-state index contributed by atoms with van der Waals surface area (Å²) in [6, 6.07) is 2.35. The molecule has 1 atom stereocenters. The van der Waals surface area contributed by atoms with Crippen LogP contribution in [0.2, 0.25) is 0 Å². The second-order valence-corrected chi connectivity index (χ2v) is 12.5. The number of nitrogens with zero attached hydrogens (tertiary/aromatic N) is 5. The van der Waals surface area contributed by atoms with Gasteiger partial charge in [0.2, 0.25) is 5.95 Å². The van der Waals surface area contributed by atoms with Crippen LogP contribution in [0.15, 0.2) is 24.7 Å². The quantitative estimate of drug-likeness (QED) is 0.482. The van der Waals surface area contributed by atoms with E-state index in [9.17, 15) is 13.5 Å². The smallest absolute Gasteiger partial charge is 0.241 e. The van der Waals surface area contributed by atoms with Gasteiger partial charge < -0.3 is 15.2 Å². The van der Waals surface area contributed by atoms with E-state index in [0.717, 1.165) is 48.0 Å². The van der Waals surface area contributed by atoms with Crippen LogP contribution >= 0.6 is 0 Å². The number of hydrogen-bond acceptors (Lipinski definition) is 8. The van der Waals surface area contributed by atoms with Crippen molar-refractivity contribution in [1.82, 2.24) is 24.4 Å². The van der Waals surface area contributed by atoms with E-state index >= 15 is 0 Å². The maximum Gasteiger partial charge on any atom is 0.241 e. The zero-order valence-corrected chi connectivity index (χ0v) is 21.3. The molecule has 190 valence electrons. The molecule has 0 radical (unpaired) electrons. The van der Waals surface area contributed by atoms with Crippen LogP contribution in [0.25, 0.3) is 16.6 Å². The number of methoxy groups -OCH3 is 1. The zero-order valence-electron chi connectivity index (χ0n) is 20.5. The van der Waals surface area contributed by atoms with E-state index in [0.29, 0.717) is 31.3 Å². The third kappa shape index (κ3) is 4.94. The molecule has 0 amide bonds. The van der Waals surface area contributed by atoms with Crippen molar-refractivity contribution in [2.45, 2.75) is 74.8 Å². The summed E-state index contributed by atoms with van der Waals surface area (Å²) < 4.78 is 32.7. The van der Waals surface area contributed by atoms with E-state index in [-0.39, 0.29) is 23.4 Å². The molecule has 2 N–H and O–H groups in total. The van der Waals surface area contributed by atoms with Gasteiger partial charge in [-0.1, -0.05) is 0 Å². The van der Waals surface area contributed by atoms with Gasteiger partial charge in [0.05, 0.1) is 41.9 Å². The first-order valence-electron chi connectivity index (χ1n) is 12.3. The van der Waals surface area contributed by atoms with Gasteiger partial charge in [0.1, 0.15) is 9.84 Å². The lowest BCUT2D eigenvalue weighted by atomic mass is 9.85. The number of aromatic nitrogens is 5. The van der Waals surface area contributed by atoms with Crippen LogP contribution in [0.1, 0.15) is 63.1 Å². The fourth-order valence-electron chi connectivity index (χ4n) is 5.27. The molecule has 3 heterocycles. The van der Waals surface area contributed by atoms with Crippen molar-refractivity contribution < 1.29 is 18.3 Å². The van der Waals surface area contributed by atoms with E-state index in [1.165, 1.54) is 6.26 Å². The van der Waals surface area contributed by atoms with E-state index in [1.807, 2.05) is 34.7 Å². The van der Waals surface area contributed by atoms with E-state index in [1.54, 1.807) is 7.11 Å². The van der Waals surface area contributed by atoms with Gasteiger partial charge in [0.25, 0.3) is 0 Å². The van der Waals surface area contributed by atoms with Crippen molar-refractivity contribution >= 4 is 21.3 Å². The number of aliphatic hydroxyl groups excluding tert-OH is 1. The Morgan fingerprint density at radius 1 is 1.23 bits per heavy atom. The molecule has 3 aromatic rings. The molecule has 2 fully saturated rings. The molecule has 0 saturated heterocycles. The summed E-state index contributed by atoms with van der Waals surface area (Å²) in [5.74, 6) is 0.842. The number of ether oxygens (including phenoxy) is 1. The second kappa shape index (κ2) is 9.51. The molecule has 0 aromatic carbocycles. The number of fused-ring (bicyclic) bond motifs is 1. The maximum atomic E-state index is 11.8. The minimum atomic E-state index is -3.00. The highest BCUT2D eigenvalue weighted by Gasteiger charge is 2.38. The largest absolute Gasteiger partial charge is 0.393 e. The molecule has 2 aliphatic carbocycles. The lowest BCUT2D eigenvalue weighted by Crippen LogP contribution is -2.36. The molecule has 5 rings (SSSR count). The first kappa shape index (κ1) is 24.2. The monoisotopic (exact) mass is 502 g/mol. The number of hydrogen-bond donors (Lipinski definition) is 2. The van der Waals surface area contributed by atoms with E-state index in [4.69, 9.17) is 9.84 Å². The molecule has 11 heteroatoms. The average molecular weight is 503 g/mol. The van der Waals surface area contributed by atoms with Crippen LogP contribution in [-0.2, 0) is 14.6 Å². The van der Waals surface area contributed by atoms with Gasteiger partial charge in [-0.15, -0.1) is 5.10 Å². The van der Waals surface area contributed by atoms with Crippen LogP contribution < -0.4 is 5.32 Å². The van der Waals surface area contributed by atoms with Crippen LogP contribution in [0, 0.1) is 0 Å². The number of nitrogens with one attached hydrogen (secondary N) is 1. The minimum Gasteiger partial charge on any atom is -0.393 e. The summed E-state index contributed by atoms with van der Waals surface area (Å²) in [4.78, 5) is 4.56. The molecule has 2 aliphatic rings. The molecule has 10 nitrogen and oxygen atoms in total. The Balaban J connectivity index is 1.47. The van der Waals surface area contributed by atoms with Crippen LogP contribution in [0.4, 0.5) is 5.95 Å². The predicted octanol–water partition coefficient (Wildman–Crippen LogP) is 2.81. The lowest BCUT2D eigenvalue weighted by Gasteiger charge is -2.33. The van der Waals surface area contributed by atoms with Crippen LogP contribution in [0.5, 0.6) is 0 Å². The van der Waals surface area contributed by atoms with Gasteiger partial charge in [-0.25, -0.2) is 17.9 Å². The second-order valence-electron chi connectivity index (χ2n) is 10.2. The molecular weight excluding hydrogens is 468 g/mol. The molecule has 0 bridgehead atoms. The Hall–Kier alpha value is -2.50. The molecule has 0 aliphatic heterocycles. The molecule has 2 saturated carbocycles. The number of rotatable bonds is 8. The average Bonchev–Trinajstić information content (AvgIpc) is 3.37. The Kier molecular flexibility index (Phi) is 6.58. The van der Waals surface area contributed by atoms with Gasteiger partial charge in [-0.05, 0) is 51.5 Å². The highest BCUT2D eigenvalue weighted by molar-refractivity contribution is 7.91. The normalized spacial score (nSPS) is 25.9. The molecule has 0 unspecified atom stereocenters. The first-order valence-corrected chi connectivity index (χ1v) is 14.2. The van der Waals surface area contributed by atoms with Gasteiger partial charge in [-0.3, -0.25) is 4.68 Å². The van der Waals surface area contributed by atoms with Gasteiger partial charge in [-0.2, -0.15) is 5.10 Å². The van der Waals surface area contributed by atoms with Crippen molar-refractivity contribution in [3.8, 4) is 11.1 Å². The summed E-state index contributed by atoms with van der Waals surface area (Å²) in [6.07, 6.45) is 11.4. The number of anilines is 1. The van der Waals surface area contributed by atoms with E-state index < -0.39 is 9.84 Å². The maximum absolute atomic E-state index is 11.8. The number of aliphatic hydroxyl groups is 1. The Morgan fingerprint density at radius 3 is 2.66 bits per heavy atom. The highest BCUT2D eigenvalue weighted by atomic mass is 32.2. The van der Waals surface area contributed by atoms with Crippen molar-refractivity contribution in [3.05, 3.63) is 30.4 Å². The predicted molar refractivity (Wildman–Crippen MR) is 133 cm³/mol. The Bertz CT molecular complexity index is 1290. The minimum absolute atomic E-state index is 0.0669. The summed E-state index contributed by atoms with van der Waals surface area (Å²) in [5, 5.41) is 22.4. The molecular formula is C24H34N6O4S. The van der Waals surface area contributed by atoms with Crippen molar-refractivity contribution in [2.75, 3.05) is 25.3 Å². The van der Waals surface area contributed by atoms with E-state index in [2.05, 4.69) is 21.5 Å². The van der Waals surface area contributed by atoms with Gasteiger partial charge in [0.15, 0.2) is 0 Å². The number of sulfone groups is 1. The topological polar surface area (TPSA) is 124 Å². The third-order valence-corrected chi connectivity index (χ3v) is 9.01. The molecule has 3 aromatic heterocycles. The standard InChI is InChI=1S/C24H34N6O4S/c1-15(14-34-2)27-24-25-12-23-21(10-22(30(23)28-24)16-4-6-19(31)7-5-16)17-11-26-29(13-17)18-8-20(9-18)35(3,32)33/h10-13,15-16,18-20,31H,4-9,14H2,1-3H3,(H,27,28)/t15-,16?,18?,19?,20?/m0/s1. The summed E-state index contributed by atoms with van der Waals surface area (Å²) in [7, 11) is -1.34. The van der Waals surface area contributed by atoms with Gasteiger partial charge >= 0.3 is 0 Å². The Morgan fingerprint density at radius 2 is 1.97 bits per heavy atom. The summed E-state index contributed by atoms with van der Waals surface area (Å²) in [5.41, 5.74) is 3.98.